The summed E-state index contributed by atoms with van der Waals surface area (Å²) in [5.41, 5.74) is 6.50. The van der Waals surface area contributed by atoms with E-state index in [0.717, 1.165) is 27.4 Å². The number of aldehydes is 1. The topological polar surface area (TPSA) is 52.3 Å². The van der Waals surface area contributed by atoms with Gasteiger partial charge in [0.2, 0.25) is 0 Å². The zero-order valence-electron chi connectivity index (χ0n) is 9.96. The average Bonchev–Trinajstić information content (AvgIpc) is 2.86. The number of carbonyl (C=O) groups is 1. The number of ether oxygens (including phenoxy) is 1. The molecule has 0 aliphatic rings. The lowest BCUT2D eigenvalue weighted by atomic mass is 10.1. The molecule has 0 spiro atoms. The Labute approximate surface area is 110 Å². The Bertz CT molecular complexity index is 522. The van der Waals surface area contributed by atoms with Crippen LogP contribution in [0.25, 0.3) is 10.4 Å². The van der Waals surface area contributed by atoms with E-state index in [4.69, 9.17) is 10.5 Å². The van der Waals surface area contributed by atoms with Gasteiger partial charge in [-0.25, -0.2) is 0 Å². The van der Waals surface area contributed by atoms with Gasteiger partial charge in [0.05, 0.1) is 0 Å². The van der Waals surface area contributed by atoms with Gasteiger partial charge in [-0.3, -0.25) is 0 Å². The smallest absolute Gasteiger partial charge is 0.128 e. The lowest BCUT2D eigenvalue weighted by molar-refractivity contribution is -0.107. The summed E-state index contributed by atoms with van der Waals surface area (Å²) in [5, 5.41) is 0. The summed E-state index contributed by atoms with van der Waals surface area (Å²) in [7, 11) is 0. The minimum absolute atomic E-state index is 0.469. The molecule has 2 N–H and O–H groups in total. The van der Waals surface area contributed by atoms with Crippen LogP contribution in [0.4, 0.5) is 0 Å². The molecule has 4 heteroatoms. The van der Waals surface area contributed by atoms with Crippen LogP contribution >= 0.6 is 11.3 Å². The Kier molecular flexibility index (Phi) is 4.50. The summed E-state index contributed by atoms with van der Waals surface area (Å²) in [4.78, 5) is 12.7. The van der Waals surface area contributed by atoms with Gasteiger partial charge in [0, 0.05) is 28.3 Å². The van der Waals surface area contributed by atoms with Gasteiger partial charge in [-0.15, -0.1) is 11.3 Å². The van der Waals surface area contributed by atoms with Gasteiger partial charge in [0.1, 0.15) is 18.6 Å². The number of carbonyl (C=O) groups excluding carboxylic acids is 1. The number of hydrogen-bond donors (Lipinski definition) is 1. The van der Waals surface area contributed by atoms with E-state index in [1.54, 1.807) is 11.3 Å². The van der Waals surface area contributed by atoms with Crippen molar-refractivity contribution in [2.75, 3.05) is 13.2 Å². The SMILES string of the molecule is NCCOc1ccccc1-c1ccc(CC=O)s1. The van der Waals surface area contributed by atoms with Gasteiger partial charge >= 0.3 is 0 Å². The second-order valence-corrected chi connectivity index (χ2v) is 4.94. The summed E-state index contributed by atoms with van der Waals surface area (Å²) in [6.07, 6.45) is 1.39. The molecule has 0 unspecified atom stereocenters. The minimum atomic E-state index is 0.469. The van der Waals surface area contributed by atoms with Crippen LogP contribution in [0.2, 0.25) is 0 Å². The van der Waals surface area contributed by atoms with Gasteiger partial charge in [0.15, 0.2) is 0 Å². The molecule has 94 valence electrons. The molecule has 1 aromatic carbocycles. The number of benzene rings is 1. The van der Waals surface area contributed by atoms with Crippen LogP contribution in [0.5, 0.6) is 5.75 Å². The Morgan fingerprint density at radius 3 is 2.83 bits per heavy atom. The van der Waals surface area contributed by atoms with E-state index in [-0.39, 0.29) is 0 Å². The third-order valence-electron chi connectivity index (χ3n) is 2.47. The van der Waals surface area contributed by atoms with E-state index in [0.29, 0.717) is 19.6 Å². The monoisotopic (exact) mass is 261 g/mol. The van der Waals surface area contributed by atoms with Gasteiger partial charge in [0.25, 0.3) is 0 Å². The Balaban J connectivity index is 2.27. The zero-order valence-corrected chi connectivity index (χ0v) is 10.8. The van der Waals surface area contributed by atoms with Gasteiger partial charge < -0.3 is 15.3 Å². The van der Waals surface area contributed by atoms with Crippen molar-refractivity contribution in [2.24, 2.45) is 5.73 Å². The molecule has 2 rings (SSSR count). The summed E-state index contributed by atoms with van der Waals surface area (Å²) in [6.45, 7) is 0.999. The molecule has 0 aliphatic heterocycles. The Morgan fingerprint density at radius 1 is 1.22 bits per heavy atom. The highest BCUT2D eigenvalue weighted by Crippen LogP contribution is 2.34. The molecule has 1 heterocycles. The minimum Gasteiger partial charge on any atom is -0.492 e. The van der Waals surface area contributed by atoms with Crippen molar-refractivity contribution in [1.82, 2.24) is 0 Å². The Hall–Kier alpha value is -1.65. The predicted molar refractivity (Wildman–Crippen MR) is 74.1 cm³/mol. The Morgan fingerprint density at radius 2 is 2.06 bits per heavy atom. The third kappa shape index (κ3) is 2.97. The quantitative estimate of drug-likeness (QED) is 0.813. The van der Waals surface area contributed by atoms with Gasteiger partial charge in [-0.1, -0.05) is 12.1 Å². The van der Waals surface area contributed by atoms with E-state index in [9.17, 15) is 4.79 Å². The zero-order chi connectivity index (χ0) is 12.8. The number of hydrogen-bond acceptors (Lipinski definition) is 4. The fourth-order valence-corrected chi connectivity index (χ4v) is 2.66. The first-order valence-electron chi connectivity index (χ1n) is 5.79. The summed E-state index contributed by atoms with van der Waals surface area (Å²) < 4.78 is 5.62. The summed E-state index contributed by atoms with van der Waals surface area (Å²) in [6, 6.07) is 11.9. The molecule has 2 aromatic rings. The van der Waals surface area contributed by atoms with E-state index < -0.39 is 0 Å². The van der Waals surface area contributed by atoms with Crippen LogP contribution in [0.1, 0.15) is 4.88 Å². The fourth-order valence-electron chi connectivity index (χ4n) is 1.68. The summed E-state index contributed by atoms with van der Waals surface area (Å²) >= 11 is 1.62. The molecular weight excluding hydrogens is 246 g/mol. The van der Waals surface area contributed by atoms with Crippen molar-refractivity contribution < 1.29 is 9.53 Å². The molecule has 0 fully saturated rings. The van der Waals surface area contributed by atoms with Gasteiger partial charge in [-0.2, -0.15) is 0 Å². The molecule has 0 atom stereocenters. The molecular formula is C14H15NO2S. The maximum absolute atomic E-state index is 10.5. The average molecular weight is 261 g/mol. The molecule has 0 amide bonds. The van der Waals surface area contributed by atoms with Crippen molar-refractivity contribution >= 4 is 17.6 Å². The molecule has 0 radical (unpaired) electrons. The van der Waals surface area contributed by atoms with Crippen molar-refractivity contribution in [2.45, 2.75) is 6.42 Å². The van der Waals surface area contributed by atoms with Crippen LogP contribution in [-0.2, 0) is 11.2 Å². The first kappa shape index (κ1) is 12.8. The van der Waals surface area contributed by atoms with Crippen LogP contribution in [0.3, 0.4) is 0 Å². The van der Waals surface area contributed by atoms with Crippen molar-refractivity contribution in [3.63, 3.8) is 0 Å². The molecule has 0 aliphatic carbocycles. The van der Waals surface area contributed by atoms with Crippen molar-refractivity contribution in [1.29, 1.82) is 0 Å². The van der Waals surface area contributed by atoms with E-state index >= 15 is 0 Å². The summed E-state index contributed by atoms with van der Waals surface area (Å²) in [5.74, 6) is 0.836. The molecule has 0 saturated heterocycles. The molecule has 3 nitrogen and oxygen atoms in total. The fraction of sp³-hybridized carbons (Fsp3) is 0.214. The predicted octanol–water partition coefficient (Wildman–Crippen LogP) is 2.49. The maximum atomic E-state index is 10.5. The van der Waals surface area contributed by atoms with Crippen LogP contribution < -0.4 is 10.5 Å². The first-order valence-corrected chi connectivity index (χ1v) is 6.61. The number of thiophene rings is 1. The van der Waals surface area contributed by atoms with E-state index in [2.05, 4.69) is 0 Å². The van der Waals surface area contributed by atoms with Gasteiger partial charge in [-0.05, 0) is 24.3 Å². The van der Waals surface area contributed by atoms with E-state index in [1.807, 2.05) is 36.4 Å². The van der Waals surface area contributed by atoms with Crippen molar-refractivity contribution in [3.05, 3.63) is 41.3 Å². The maximum Gasteiger partial charge on any atom is 0.128 e. The second kappa shape index (κ2) is 6.33. The number of rotatable bonds is 6. The number of nitrogens with two attached hydrogens (primary N) is 1. The van der Waals surface area contributed by atoms with Crippen LogP contribution in [0, 0.1) is 0 Å². The highest BCUT2D eigenvalue weighted by atomic mass is 32.1. The number of para-hydroxylation sites is 1. The lowest BCUT2D eigenvalue weighted by Gasteiger charge is -2.09. The lowest BCUT2D eigenvalue weighted by Crippen LogP contribution is -2.10. The molecule has 1 aromatic heterocycles. The standard InChI is InChI=1S/C14H15NO2S/c15-8-10-17-13-4-2-1-3-12(13)14-6-5-11(18-14)7-9-16/h1-6,9H,7-8,10,15H2. The molecule has 18 heavy (non-hydrogen) atoms. The normalized spacial score (nSPS) is 10.3. The highest BCUT2D eigenvalue weighted by Gasteiger charge is 2.08. The van der Waals surface area contributed by atoms with E-state index in [1.165, 1.54) is 0 Å². The molecule has 0 saturated carbocycles. The van der Waals surface area contributed by atoms with Crippen LogP contribution in [-0.4, -0.2) is 19.4 Å². The third-order valence-corrected chi connectivity index (χ3v) is 3.61. The second-order valence-electron chi connectivity index (χ2n) is 3.77. The van der Waals surface area contributed by atoms with Crippen LogP contribution in [0.15, 0.2) is 36.4 Å². The largest absolute Gasteiger partial charge is 0.492 e. The first-order chi connectivity index (χ1) is 8.85. The van der Waals surface area contributed by atoms with Crippen molar-refractivity contribution in [3.8, 4) is 16.2 Å². The molecule has 0 bridgehead atoms. The highest BCUT2D eigenvalue weighted by molar-refractivity contribution is 7.15.